The van der Waals surface area contributed by atoms with Crippen LogP contribution in [0.25, 0.3) is 11.1 Å². The van der Waals surface area contributed by atoms with Crippen LogP contribution < -0.4 is 5.46 Å². The van der Waals surface area contributed by atoms with Crippen molar-refractivity contribution in [3.05, 3.63) is 53.6 Å². The minimum absolute atomic E-state index is 0.0323. The zero-order chi connectivity index (χ0) is 13.6. The molecule has 1 aliphatic carbocycles. The van der Waals surface area contributed by atoms with E-state index in [1.165, 1.54) is 23.8 Å². The molecule has 0 radical (unpaired) electrons. The van der Waals surface area contributed by atoms with E-state index < -0.39 is 7.12 Å². The van der Waals surface area contributed by atoms with E-state index in [9.17, 15) is 5.02 Å². The molecule has 96 valence electrons. The maximum absolute atomic E-state index is 10.1. The predicted molar refractivity (Wildman–Crippen MR) is 78.6 cm³/mol. The van der Waals surface area contributed by atoms with Gasteiger partial charge in [0, 0.05) is 12.5 Å². The summed E-state index contributed by atoms with van der Waals surface area (Å²) in [4.78, 5) is 0. The summed E-state index contributed by atoms with van der Waals surface area (Å²) in [5.41, 5.74) is 5.70. The first-order chi connectivity index (χ1) is 9.07. The fraction of sp³-hybridized carbons (Fsp3) is 0.250. The Morgan fingerprint density at radius 1 is 1.00 bits per heavy atom. The topological polar surface area (TPSA) is 29.5 Å². The van der Waals surface area contributed by atoms with Gasteiger partial charge >= 0.3 is 7.12 Å². The van der Waals surface area contributed by atoms with Crippen LogP contribution in [-0.4, -0.2) is 19.3 Å². The molecule has 3 rings (SSSR count). The van der Waals surface area contributed by atoms with E-state index in [1.54, 1.807) is 0 Å². The Morgan fingerprint density at radius 3 is 2.42 bits per heavy atom. The van der Waals surface area contributed by atoms with E-state index in [-0.39, 0.29) is 5.41 Å². The molecule has 1 N–H and O–H groups in total. The lowest BCUT2D eigenvalue weighted by Gasteiger charge is -2.21. The summed E-state index contributed by atoms with van der Waals surface area (Å²) in [6, 6.07) is 14.5. The third-order valence-electron chi connectivity index (χ3n) is 4.13. The van der Waals surface area contributed by atoms with E-state index >= 15 is 0 Å². The number of benzene rings is 2. The standard InChI is InChI=1S/C16H17BO2/c1-16(2)12-8-5-4-7-11(12)15-13(16)9-6-10-14(15)17(18)19-3/h4-10,18H,1-3H3. The average Bonchev–Trinajstić information content (AvgIpc) is 2.68. The largest absolute Gasteiger partial charge is 0.491 e. The number of fused-ring (bicyclic) bond motifs is 3. The van der Waals surface area contributed by atoms with Gasteiger partial charge in [0.1, 0.15) is 0 Å². The van der Waals surface area contributed by atoms with Gasteiger partial charge in [-0.1, -0.05) is 56.3 Å². The summed E-state index contributed by atoms with van der Waals surface area (Å²) in [6.07, 6.45) is 0. The van der Waals surface area contributed by atoms with Crippen LogP contribution in [0, 0.1) is 0 Å². The molecule has 2 nitrogen and oxygen atoms in total. The monoisotopic (exact) mass is 252 g/mol. The van der Waals surface area contributed by atoms with Gasteiger partial charge in [-0.05, 0) is 27.7 Å². The molecule has 1 aliphatic rings. The Balaban J connectivity index is 2.34. The van der Waals surface area contributed by atoms with Gasteiger partial charge in [0.25, 0.3) is 0 Å². The summed E-state index contributed by atoms with van der Waals surface area (Å²) >= 11 is 0. The van der Waals surface area contributed by atoms with E-state index in [4.69, 9.17) is 4.65 Å². The van der Waals surface area contributed by atoms with Gasteiger partial charge in [-0.25, -0.2) is 0 Å². The fourth-order valence-electron chi connectivity index (χ4n) is 3.12. The lowest BCUT2D eigenvalue weighted by molar-refractivity contribution is 0.341. The van der Waals surface area contributed by atoms with Gasteiger partial charge in [0.05, 0.1) is 0 Å². The van der Waals surface area contributed by atoms with Gasteiger partial charge in [-0.2, -0.15) is 0 Å². The smallest absolute Gasteiger partial charge is 0.423 e. The lowest BCUT2D eigenvalue weighted by Crippen LogP contribution is -2.34. The summed E-state index contributed by atoms with van der Waals surface area (Å²) in [5, 5.41) is 10.1. The third kappa shape index (κ3) is 1.66. The summed E-state index contributed by atoms with van der Waals surface area (Å²) in [6.45, 7) is 4.45. The van der Waals surface area contributed by atoms with Crippen molar-refractivity contribution >= 4 is 12.6 Å². The predicted octanol–water partition coefficient (Wildman–Crippen LogP) is 2.33. The number of rotatable bonds is 2. The molecule has 0 spiro atoms. The second-order valence-electron chi connectivity index (χ2n) is 5.53. The van der Waals surface area contributed by atoms with Crippen LogP contribution in [0.5, 0.6) is 0 Å². The second kappa shape index (κ2) is 4.22. The first kappa shape index (κ1) is 12.5. The maximum atomic E-state index is 10.1. The molecule has 2 aromatic rings. The Labute approximate surface area is 114 Å². The highest BCUT2D eigenvalue weighted by atomic mass is 16.5. The van der Waals surface area contributed by atoms with Gasteiger partial charge in [0.2, 0.25) is 0 Å². The van der Waals surface area contributed by atoms with Crippen LogP contribution in [0.2, 0.25) is 0 Å². The van der Waals surface area contributed by atoms with Crippen molar-refractivity contribution in [2.45, 2.75) is 19.3 Å². The molecule has 19 heavy (non-hydrogen) atoms. The summed E-state index contributed by atoms with van der Waals surface area (Å²) < 4.78 is 5.10. The Kier molecular flexibility index (Phi) is 2.77. The molecule has 0 aliphatic heterocycles. The minimum Gasteiger partial charge on any atom is -0.423 e. The van der Waals surface area contributed by atoms with Crippen molar-refractivity contribution in [3.63, 3.8) is 0 Å². The average molecular weight is 252 g/mol. The zero-order valence-corrected chi connectivity index (χ0v) is 11.5. The molecule has 0 atom stereocenters. The van der Waals surface area contributed by atoms with Gasteiger partial charge < -0.3 is 9.68 Å². The molecule has 0 saturated carbocycles. The van der Waals surface area contributed by atoms with E-state index in [1.807, 2.05) is 18.2 Å². The highest BCUT2D eigenvalue weighted by molar-refractivity contribution is 6.62. The Hall–Kier alpha value is -1.58. The summed E-state index contributed by atoms with van der Waals surface area (Å²) in [7, 11) is 0.646. The lowest BCUT2D eigenvalue weighted by atomic mass is 9.73. The van der Waals surface area contributed by atoms with Crippen molar-refractivity contribution < 1.29 is 9.68 Å². The molecule has 0 bridgehead atoms. The molecule has 0 heterocycles. The SMILES string of the molecule is COB(O)c1cccc2c1-c1ccccc1C2(C)C. The minimum atomic E-state index is -0.878. The van der Waals surface area contributed by atoms with Gasteiger partial charge in [-0.15, -0.1) is 0 Å². The third-order valence-corrected chi connectivity index (χ3v) is 4.13. The van der Waals surface area contributed by atoms with Crippen molar-refractivity contribution in [2.24, 2.45) is 0 Å². The van der Waals surface area contributed by atoms with Gasteiger partial charge in [-0.3, -0.25) is 0 Å². The number of hydrogen-bond donors (Lipinski definition) is 1. The maximum Gasteiger partial charge on any atom is 0.491 e. The molecule has 0 aromatic heterocycles. The Bertz CT molecular complexity index is 634. The molecule has 0 unspecified atom stereocenters. The van der Waals surface area contributed by atoms with Crippen LogP contribution in [0.4, 0.5) is 0 Å². The highest BCUT2D eigenvalue weighted by Gasteiger charge is 2.38. The van der Waals surface area contributed by atoms with Crippen molar-refractivity contribution in [1.82, 2.24) is 0 Å². The van der Waals surface area contributed by atoms with E-state index in [0.29, 0.717) is 0 Å². The van der Waals surface area contributed by atoms with Crippen LogP contribution in [0.1, 0.15) is 25.0 Å². The summed E-state index contributed by atoms with van der Waals surface area (Å²) in [5.74, 6) is 0. The van der Waals surface area contributed by atoms with Gasteiger partial charge in [0.15, 0.2) is 0 Å². The molecule has 3 heteroatoms. The van der Waals surface area contributed by atoms with Crippen LogP contribution in [0.15, 0.2) is 42.5 Å². The van der Waals surface area contributed by atoms with Crippen LogP contribution >= 0.6 is 0 Å². The molecule has 0 amide bonds. The first-order valence-electron chi connectivity index (χ1n) is 6.51. The molecular formula is C16H17BO2. The van der Waals surface area contributed by atoms with Crippen molar-refractivity contribution in [3.8, 4) is 11.1 Å². The van der Waals surface area contributed by atoms with E-state index in [2.05, 4.69) is 38.1 Å². The molecule has 0 saturated heterocycles. The molecule has 0 fully saturated rings. The normalized spacial score (nSPS) is 14.9. The van der Waals surface area contributed by atoms with E-state index in [0.717, 1.165) is 11.0 Å². The van der Waals surface area contributed by atoms with Crippen LogP contribution in [0.3, 0.4) is 0 Å². The highest BCUT2D eigenvalue weighted by Crippen LogP contribution is 2.47. The van der Waals surface area contributed by atoms with Crippen molar-refractivity contribution in [2.75, 3.05) is 7.11 Å². The fourth-order valence-corrected chi connectivity index (χ4v) is 3.12. The number of hydrogen-bond acceptors (Lipinski definition) is 2. The molecule has 2 aromatic carbocycles. The zero-order valence-electron chi connectivity index (χ0n) is 11.5. The first-order valence-corrected chi connectivity index (χ1v) is 6.51. The second-order valence-corrected chi connectivity index (χ2v) is 5.53. The Morgan fingerprint density at radius 2 is 1.68 bits per heavy atom. The quantitative estimate of drug-likeness (QED) is 0.831. The van der Waals surface area contributed by atoms with Crippen molar-refractivity contribution in [1.29, 1.82) is 0 Å². The molecular weight excluding hydrogens is 235 g/mol. The van der Waals surface area contributed by atoms with Crippen LogP contribution in [-0.2, 0) is 10.1 Å².